The van der Waals surface area contributed by atoms with Crippen LogP contribution < -0.4 is 10.2 Å². The molecule has 1 N–H and O–H groups in total. The number of anilines is 1. The number of aromatic nitrogens is 1. The Morgan fingerprint density at radius 3 is 2.78 bits per heavy atom. The molecule has 0 bridgehead atoms. The van der Waals surface area contributed by atoms with Gasteiger partial charge in [0.1, 0.15) is 5.82 Å². The first kappa shape index (κ1) is 12.3. The van der Waals surface area contributed by atoms with Crippen LogP contribution in [0.3, 0.4) is 0 Å². The zero-order valence-electron chi connectivity index (χ0n) is 10.5. The number of piperazine rings is 1. The van der Waals surface area contributed by atoms with Crippen LogP contribution >= 0.6 is 0 Å². The highest BCUT2D eigenvalue weighted by Gasteiger charge is 2.22. The van der Waals surface area contributed by atoms with E-state index in [9.17, 15) is 9.59 Å². The molecular formula is C12H16N4O2. The second-order valence-corrected chi connectivity index (χ2v) is 4.38. The Bertz CT molecular complexity index is 456. The van der Waals surface area contributed by atoms with E-state index in [0.29, 0.717) is 18.7 Å². The normalized spacial score (nSPS) is 15.2. The molecule has 0 unspecified atom stereocenters. The van der Waals surface area contributed by atoms with Crippen LogP contribution in [0.5, 0.6) is 0 Å². The fourth-order valence-electron chi connectivity index (χ4n) is 1.77. The van der Waals surface area contributed by atoms with Gasteiger partial charge in [-0.25, -0.2) is 4.98 Å². The van der Waals surface area contributed by atoms with Crippen molar-refractivity contribution < 1.29 is 9.59 Å². The van der Waals surface area contributed by atoms with Gasteiger partial charge in [-0.15, -0.1) is 0 Å². The van der Waals surface area contributed by atoms with E-state index in [1.165, 1.54) is 4.90 Å². The predicted molar refractivity (Wildman–Crippen MR) is 67.5 cm³/mol. The number of hydrogen-bond donors (Lipinski definition) is 1. The lowest BCUT2D eigenvalue weighted by Gasteiger charge is -2.26. The average molecular weight is 248 g/mol. The smallest absolute Gasteiger partial charge is 0.255 e. The van der Waals surface area contributed by atoms with Crippen molar-refractivity contribution in [2.75, 3.05) is 38.6 Å². The van der Waals surface area contributed by atoms with Crippen LogP contribution in [0.15, 0.2) is 18.3 Å². The van der Waals surface area contributed by atoms with Crippen molar-refractivity contribution in [2.24, 2.45) is 0 Å². The maximum atomic E-state index is 12.1. The van der Waals surface area contributed by atoms with Gasteiger partial charge in [0.05, 0.1) is 12.1 Å². The third kappa shape index (κ3) is 2.58. The monoisotopic (exact) mass is 248 g/mol. The van der Waals surface area contributed by atoms with Crippen molar-refractivity contribution in [3.8, 4) is 0 Å². The zero-order valence-corrected chi connectivity index (χ0v) is 10.5. The molecule has 1 aromatic heterocycles. The summed E-state index contributed by atoms with van der Waals surface area (Å²) in [7, 11) is 3.78. The zero-order chi connectivity index (χ0) is 13.1. The molecule has 1 aliphatic rings. The molecule has 18 heavy (non-hydrogen) atoms. The third-order valence-electron chi connectivity index (χ3n) is 2.78. The summed E-state index contributed by atoms with van der Waals surface area (Å²) < 4.78 is 0. The largest absolute Gasteiger partial charge is 0.363 e. The highest BCUT2D eigenvalue weighted by molar-refractivity contribution is 5.96. The first-order valence-electron chi connectivity index (χ1n) is 5.77. The lowest BCUT2D eigenvalue weighted by molar-refractivity contribution is -0.123. The van der Waals surface area contributed by atoms with Crippen molar-refractivity contribution in [3.63, 3.8) is 0 Å². The Kier molecular flexibility index (Phi) is 3.45. The molecule has 0 aromatic carbocycles. The Morgan fingerprint density at radius 2 is 2.22 bits per heavy atom. The van der Waals surface area contributed by atoms with E-state index in [0.717, 1.165) is 5.82 Å². The topological polar surface area (TPSA) is 65.5 Å². The Hall–Kier alpha value is -2.11. The number of nitrogens with one attached hydrogen (secondary N) is 1. The maximum absolute atomic E-state index is 12.1. The van der Waals surface area contributed by atoms with Crippen LogP contribution in [0.1, 0.15) is 10.4 Å². The van der Waals surface area contributed by atoms with Gasteiger partial charge in [-0.3, -0.25) is 9.59 Å². The molecule has 2 heterocycles. The van der Waals surface area contributed by atoms with Crippen LogP contribution in [-0.4, -0.2) is 55.4 Å². The minimum absolute atomic E-state index is 0.118. The standard InChI is InChI=1S/C12H16N4O2/c1-15(2)10-4-3-9(7-14-10)12(18)16-6-5-13-11(17)8-16/h3-4,7H,5-6,8H2,1-2H3,(H,13,17). The minimum atomic E-state index is -0.150. The van der Waals surface area contributed by atoms with Crippen LogP contribution in [0.25, 0.3) is 0 Å². The molecule has 1 saturated heterocycles. The summed E-state index contributed by atoms with van der Waals surface area (Å²) in [6.07, 6.45) is 1.55. The van der Waals surface area contributed by atoms with Crippen molar-refractivity contribution in [1.82, 2.24) is 15.2 Å². The highest BCUT2D eigenvalue weighted by atomic mass is 16.2. The Balaban J connectivity index is 2.10. The molecule has 0 saturated carbocycles. The number of rotatable bonds is 2. The molecule has 1 aliphatic heterocycles. The van der Waals surface area contributed by atoms with Gasteiger partial charge in [-0.2, -0.15) is 0 Å². The minimum Gasteiger partial charge on any atom is -0.363 e. The first-order valence-corrected chi connectivity index (χ1v) is 5.77. The van der Waals surface area contributed by atoms with Crippen LogP contribution in [0, 0.1) is 0 Å². The molecule has 2 amide bonds. The van der Waals surface area contributed by atoms with Gasteiger partial charge in [-0.05, 0) is 12.1 Å². The summed E-state index contributed by atoms with van der Waals surface area (Å²) >= 11 is 0. The number of carbonyl (C=O) groups is 2. The molecule has 2 rings (SSSR count). The Labute approximate surface area is 106 Å². The van der Waals surface area contributed by atoms with Gasteiger partial charge in [0, 0.05) is 33.4 Å². The van der Waals surface area contributed by atoms with E-state index >= 15 is 0 Å². The molecule has 6 nitrogen and oxygen atoms in total. The molecule has 6 heteroatoms. The fourth-order valence-corrected chi connectivity index (χ4v) is 1.77. The molecule has 1 fully saturated rings. The lowest BCUT2D eigenvalue weighted by atomic mass is 10.2. The van der Waals surface area contributed by atoms with Crippen LogP contribution in [-0.2, 0) is 4.79 Å². The summed E-state index contributed by atoms with van der Waals surface area (Å²) in [4.78, 5) is 30.9. The molecular weight excluding hydrogens is 232 g/mol. The van der Waals surface area contributed by atoms with E-state index in [1.807, 2.05) is 19.0 Å². The number of carbonyl (C=O) groups excluding carboxylic acids is 2. The van der Waals surface area contributed by atoms with Gasteiger partial charge < -0.3 is 15.1 Å². The number of hydrogen-bond acceptors (Lipinski definition) is 4. The van der Waals surface area contributed by atoms with Crippen molar-refractivity contribution in [2.45, 2.75) is 0 Å². The summed E-state index contributed by atoms with van der Waals surface area (Å²) in [6, 6.07) is 3.52. The summed E-state index contributed by atoms with van der Waals surface area (Å²) in [5, 5.41) is 2.69. The van der Waals surface area contributed by atoms with Crippen LogP contribution in [0.2, 0.25) is 0 Å². The van der Waals surface area contributed by atoms with E-state index in [1.54, 1.807) is 18.3 Å². The quantitative estimate of drug-likeness (QED) is 0.781. The van der Waals surface area contributed by atoms with Crippen molar-refractivity contribution in [3.05, 3.63) is 23.9 Å². The molecule has 0 radical (unpaired) electrons. The van der Waals surface area contributed by atoms with Gasteiger partial charge in [0.2, 0.25) is 5.91 Å². The van der Waals surface area contributed by atoms with E-state index < -0.39 is 0 Å². The summed E-state index contributed by atoms with van der Waals surface area (Å²) in [5.41, 5.74) is 0.510. The van der Waals surface area contributed by atoms with Crippen molar-refractivity contribution >= 4 is 17.6 Å². The van der Waals surface area contributed by atoms with E-state index in [2.05, 4.69) is 10.3 Å². The van der Waals surface area contributed by atoms with Gasteiger partial charge >= 0.3 is 0 Å². The average Bonchev–Trinajstić information content (AvgIpc) is 2.38. The second kappa shape index (κ2) is 5.03. The number of pyridine rings is 1. The van der Waals surface area contributed by atoms with E-state index in [4.69, 9.17) is 0 Å². The summed E-state index contributed by atoms with van der Waals surface area (Å²) in [5.74, 6) is 0.526. The number of amides is 2. The SMILES string of the molecule is CN(C)c1ccc(C(=O)N2CCNC(=O)C2)cn1. The molecule has 0 atom stereocenters. The van der Waals surface area contributed by atoms with Crippen LogP contribution in [0.4, 0.5) is 5.82 Å². The first-order chi connectivity index (χ1) is 8.58. The summed E-state index contributed by atoms with van der Waals surface area (Å²) in [6.45, 7) is 1.17. The highest BCUT2D eigenvalue weighted by Crippen LogP contribution is 2.10. The fraction of sp³-hybridized carbons (Fsp3) is 0.417. The van der Waals surface area contributed by atoms with Gasteiger partial charge in [0.25, 0.3) is 5.91 Å². The van der Waals surface area contributed by atoms with Gasteiger partial charge in [0.15, 0.2) is 0 Å². The molecule has 1 aromatic rings. The van der Waals surface area contributed by atoms with Crippen molar-refractivity contribution in [1.29, 1.82) is 0 Å². The molecule has 0 spiro atoms. The lowest BCUT2D eigenvalue weighted by Crippen LogP contribution is -2.49. The third-order valence-corrected chi connectivity index (χ3v) is 2.78. The van der Waals surface area contributed by atoms with E-state index in [-0.39, 0.29) is 18.4 Å². The maximum Gasteiger partial charge on any atom is 0.255 e. The Morgan fingerprint density at radius 1 is 1.44 bits per heavy atom. The predicted octanol–water partition coefficient (Wildman–Crippen LogP) is -0.280. The number of nitrogens with zero attached hydrogens (tertiary/aromatic N) is 3. The molecule has 0 aliphatic carbocycles. The van der Waals surface area contributed by atoms with Gasteiger partial charge in [-0.1, -0.05) is 0 Å². The second-order valence-electron chi connectivity index (χ2n) is 4.38. The molecule has 96 valence electrons.